The highest BCUT2D eigenvalue weighted by atomic mass is 16.5. The summed E-state index contributed by atoms with van der Waals surface area (Å²) >= 11 is 0. The quantitative estimate of drug-likeness (QED) is 0.825. The molecular formula is C18H20O5. The number of hydrogen-bond donors (Lipinski definition) is 1. The van der Waals surface area contributed by atoms with Gasteiger partial charge >= 0.3 is 0 Å². The molecule has 2 aromatic rings. The third-order valence-electron chi connectivity index (χ3n) is 3.34. The van der Waals surface area contributed by atoms with E-state index in [1.165, 1.54) is 14.2 Å². The van der Waals surface area contributed by atoms with Crippen molar-refractivity contribution in [1.29, 1.82) is 0 Å². The number of phenols is 1. The third-order valence-corrected chi connectivity index (χ3v) is 3.34. The summed E-state index contributed by atoms with van der Waals surface area (Å²) in [4.78, 5) is 0. The summed E-state index contributed by atoms with van der Waals surface area (Å²) in [5, 5.41) is 9.93. The lowest BCUT2D eigenvalue weighted by Gasteiger charge is -2.09. The van der Waals surface area contributed by atoms with E-state index in [1.807, 2.05) is 30.4 Å². The Morgan fingerprint density at radius 1 is 0.652 bits per heavy atom. The molecule has 2 aromatic carbocycles. The highest BCUT2D eigenvalue weighted by molar-refractivity contribution is 5.73. The predicted octanol–water partition coefficient (Wildman–Crippen LogP) is 3.60. The van der Waals surface area contributed by atoms with E-state index >= 15 is 0 Å². The Kier molecular flexibility index (Phi) is 5.36. The van der Waals surface area contributed by atoms with E-state index in [0.29, 0.717) is 23.0 Å². The molecule has 0 saturated carbocycles. The number of aromatic hydroxyl groups is 1. The topological polar surface area (TPSA) is 57.2 Å². The van der Waals surface area contributed by atoms with Gasteiger partial charge in [-0.15, -0.1) is 0 Å². The molecule has 0 aliphatic rings. The van der Waals surface area contributed by atoms with Gasteiger partial charge in [-0.25, -0.2) is 0 Å². The lowest BCUT2D eigenvalue weighted by atomic mass is 10.1. The first-order valence-corrected chi connectivity index (χ1v) is 6.97. The highest BCUT2D eigenvalue weighted by Gasteiger charge is 2.09. The van der Waals surface area contributed by atoms with E-state index in [2.05, 4.69) is 0 Å². The molecule has 0 spiro atoms. The Bertz CT molecular complexity index is 659. The fraction of sp³-hybridized carbons (Fsp3) is 0.222. The molecule has 5 heteroatoms. The van der Waals surface area contributed by atoms with Gasteiger partial charge in [0, 0.05) is 6.07 Å². The molecule has 23 heavy (non-hydrogen) atoms. The molecule has 0 bridgehead atoms. The molecular weight excluding hydrogens is 296 g/mol. The highest BCUT2D eigenvalue weighted by Crippen LogP contribution is 2.37. The monoisotopic (exact) mass is 316 g/mol. The molecule has 5 nitrogen and oxygen atoms in total. The van der Waals surface area contributed by atoms with Crippen LogP contribution in [0.25, 0.3) is 12.2 Å². The maximum absolute atomic E-state index is 9.93. The van der Waals surface area contributed by atoms with Crippen molar-refractivity contribution in [3.8, 4) is 28.7 Å². The van der Waals surface area contributed by atoms with E-state index in [9.17, 15) is 5.11 Å². The molecule has 0 radical (unpaired) electrons. The standard InChI is InChI=1S/C18H20O5/c1-20-14-7-12(8-15(11-14)21-2)5-6-13-9-16(22-3)18(19)17(10-13)23-4/h5-11,19H,1-4H3. The summed E-state index contributed by atoms with van der Waals surface area (Å²) < 4.78 is 20.8. The van der Waals surface area contributed by atoms with E-state index in [-0.39, 0.29) is 5.75 Å². The van der Waals surface area contributed by atoms with Gasteiger partial charge in [-0.1, -0.05) is 12.2 Å². The van der Waals surface area contributed by atoms with Crippen molar-refractivity contribution in [2.75, 3.05) is 28.4 Å². The first-order valence-electron chi connectivity index (χ1n) is 6.97. The molecule has 0 amide bonds. The minimum Gasteiger partial charge on any atom is -0.502 e. The van der Waals surface area contributed by atoms with Gasteiger partial charge in [0.2, 0.25) is 5.75 Å². The average Bonchev–Trinajstić information content (AvgIpc) is 2.60. The van der Waals surface area contributed by atoms with Crippen LogP contribution in [0, 0.1) is 0 Å². The second-order valence-electron chi connectivity index (χ2n) is 4.75. The molecule has 0 atom stereocenters. The van der Waals surface area contributed by atoms with Gasteiger partial charge in [0.1, 0.15) is 11.5 Å². The van der Waals surface area contributed by atoms with Crippen LogP contribution >= 0.6 is 0 Å². The summed E-state index contributed by atoms with van der Waals surface area (Å²) in [6.45, 7) is 0. The minimum atomic E-state index is -0.0183. The average molecular weight is 316 g/mol. The molecule has 0 saturated heterocycles. The molecule has 0 unspecified atom stereocenters. The Hall–Kier alpha value is -2.82. The fourth-order valence-corrected chi connectivity index (χ4v) is 2.13. The normalized spacial score (nSPS) is 10.6. The van der Waals surface area contributed by atoms with Crippen LogP contribution in [0.15, 0.2) is 30.3 Å². The van der Waals surface area contributed by atoms with Crippen LogP contribution in [0.2, 0.25) is 0 Å². The summed E-state index contributed by atoms with van der Waals surface area (Å²) in [5.74, 6) is 2.12. The maximum Gasteiger partial charge on any atom is 0.200 e. The van der Waals surface area contributed by atoms with Crippen LogP contribution in [-0.4, -0.2) is 33.5 Å². The Morgan fingerprint density at radius 3 is 1.48 bits per heavy atom. The lowest BCUT2D eigenvalue weighted by Crippen LogP contribution is -1.90. The van der Waals surface area contributed by atoms with Crippen molar-refractivity contribution in [2.45, 2.75) is 0 Å². The van der Waals surface area contributed by atoms with Crippen molar-refractivity contribution in [1.82, 2.24) is 0 Å². The molecule has 0 aromatic heterocycles. The van der Waals surface area contributed by atoms with Gasteiger partial charge in [-0.2, -0.15) is 0 Å². The van der Waals surface area contributed by atoms with Crippen molar-refractivity contribution in [3.63, 3.8) is 0 Å². The van der Waals surface area contributed by atoms with Gasteiger partial charge in [-0.3, -0.25) is 0 Å². The van der Waals surface area contributed by atoms with Crippen LogP contribution in [-0.2, 0) is 0 Å². The number of ether oxygens (including phenoxy) is 4. The van der Waals surface area contributed by atoms with E-state index in [4.69, 9.17) is 18.9 Å². The van der Waals surface area contributed by atoms with E-state index in [1.54, 1.807) is 26.4 Å². The van der Waals surface area contributed by atoms with Crippen molar-refractivity contribution in [3.05, 3.63) is 41.5 Å². The second kappa shape index (κ2) is 7.45. The van der Waals surface area contributed by atoms with Crippen molar-refractivity contribution >= 4 is 12.2 Å². The third kappa shape index (κ3) is 3.88. The van der Waals surface area contributed by atoms with Gasteiger partial charge in [0.15, 0.2) is 11.5 Å². The minimum absolute atomic E-state index is 0.0183. The Balaban J connectivity index is 2.36. The second-order valence-corrected chi connectivity index (χ2v) is 4.75. The summed E-state index contributed by atoms with van der Waals surface area (Å²) in [5.41, 5.74) is 1.76. The molecule has 0 heterocycles. The van der Waals surface area contributed by atoms with E-state index in [0.717, 1.165) is 11.1 Å². The molecule has 0 fully saturated rings. The zero-order valence-corrected chi connectivity index (χ0v) is 13.6. The Morgan fingerprint density at radius 2 is 1.09 bits per heavy atom. The van der Waals surface area contributed by atoms with Gasteiger partial charge < -0.3 is 24.1 Å². The first-order chi connectivity index (χ1) is 11.1. The van der Waals surface area contributed by atoms with Crippen LogP contribution in [0.3, 0.4) is 0 Å². The first kappa shape index (κ1) is 16.5. The Labute approximate surface area is 135 Å². The molecule has 2 rings (SSSR count). The van der Waals surface area contributed by atoms with E-state index < -0.39 is 0 Å². The molecule has 0 aliphatic carbocycles. The van der Waals surface area contributed by atoms with Crippen LogP contribution in [0.5, 0.6) is 28.7 Å². The summed E-state index contributed by atoms with van der Waals surface area (Å²) in [6, 6.07) is 9.06. The molecule has 1 N–H and O–H groups in total. The van der Waals surface area contributed by atoms with Gasteiger partial charge in [0.25, 0.3) is 0 Å². The maximum atomic E-state index is 9.93. The molecule has 0 aliphatic heterocycles. The number of methoxy groups -OCH3 is 4. The number of hydrogen-bond acceptors (Lipinski definition) is 5. The largest absolute Gasteiger partial charge is 0.502 e. The van der Waals surface area contributed by atoms with Gasteiger partial charge in [0.05, 0.1) is 28.4 Å². The fourth-order valence-electron chi connectivity index (χ4n) is 2.13. The number of benzene rings is 2. The summed E-state index contributed by atoms with van der Waals surface area (Å²) in [7, 11) is 6.21. The predicted molar refractivity (Wildman–Crippen MR) is 89.7 cm³/mol. The van der Waals surface area contributed by atoms with Crippen molar-refractivity contribution < 1.29 is 24.1 Å². The smallest absolute Gasteiger partial charge is 0.200 e. The molecule has 122 valence electrons. The van der Waals surface area contributed by atoms with Crippen LogP contribution in [0.4, 0.5) is 0 Å². The lowest BCUT2D eigenvalue weighted by molar-refractivity contribution is 0.340. The zero-order chi connectivity index (χ0) is 16.8. The van der Waals surface area contributed by atoms with Gasteiger partial charge in [-0.05, 0) is 35.4 Å². The van der Waals surface area contributed by atoms with Crippen LogP contribution in [0.1, 0.15) is 11.1 Å². The van der Waals surface area contributed by atoms with Crippen molar-refractivity contribution in [2.24, 2.45) is 0 Å². The summed E-state index contributed by atoms with van der Waals surface area (Å²) in [6.07, 6.45) is 3.80. The van der Waals surface area contributed by atoms with Crippen LogP contribution < -0.4 is 18.9 Å². The zero-order valence-electron chi connectivity index (χ0n) is 13.6. The number of rotatable bonds is 6. The number of phenolic OH excluding ortho intramolecular Hbond substituents is 1. The SMILES string of the molecule is COc1cc(C=Cc2cc(OC)c(O)c(OC)c2)cc(OC)c1.